The summed E-state index contributed by atoms with van der Waals surface area (Å²) in [5.74, 6) is 1.57. The lowest BCUT2D eigenvalue weighted by Gasteiger charge is -2.32. The average molecular weight is 414 g/mol. The third-order valence-corrected chi connectivity index (χ3v) is 5.61. The largest absolute Gasteiger partial charge is 0.497 e. The maximum atomic E-state index is 12.5. The summed E-state index contributed by atoms with van der Waals surface area (Å²) in [5.41, 5.74) is 4.35. The normalized spacial score (nSPS) is 16.9. The number of nitrogens with one attached hydrogen (secondary N) is 1. The second kappa shape index (κ2) is 8.68. The van der Waals surface area contributed by atoms with Crippen molar-refractivity contribution in [1.29, 1.82) is 0 Å². The Kier molecular flexibility index (Phi) is 5.81. The molecule has 1 heterocycles. The maximum Gasteiger partial charge on any atom is 0.255 e. The zero-order valence-electron chi connectivity index (χ0n) is 18.1. The fourth-order valence-electron chi connectivity index (χ4n) is 3.63. The molecule has 4 heteroatoms. The van der Waals surface area contributed by atoms with E-state index in [-0.39, 0.29) is 11.5 Å². The van der Waals surface area contributed by atoms with Crippen LogP contribution < -0.4 is 14.8 Å². The minimum absolute atomic E-state index is 0.120. The van der Waals surface area contributed by atoms with Gasteiger partial charge in [-0.1, -0.05) is 35.9 Å². The molecule has 4 rings (SSSR count). The molecule has 1 aliphatic heterocycles. The predicted octanol–water partition coefficient (Wildman–Crippen LogP) is 6.05. The quantitative estimate of drug-likeness (QED) is 0.535. The van der Waals surface area contributed by atoms with Gasteiger partial charge in [0, 0.05) is 16.8 Å². The van der Waals surface area contributed by atoms with Crippen LogP contribution in [-0.4, -0.2) is 18.6 Å². The molecule has 3 aromatic rings. The van der Waals surface area contributed by atoms with Crippen molar-refractivity contribution in [2.75, 3.05) is 12.4 Å². The highest BCUT2D eigenvalue weighted by Crippen LogP contribution is 2.35. The Morgan fingerprint density at radius 2 is 1.77 bits per heavy atom. The summed E-state index contributed by atoms with van der Waals surface area (Å²) in [6.07, 6.45) is 5.95. The van der Waals surface area contributed by atoms with Gasteiger partial charge in [0.25, 0.3) is 5.91 Å². The molecule has 1 unspecified atom stereocenters. The summed E-state index contributed by atoms with van der Waals surface area (Å²) >= 11 is 0. The van der Waals surface area contributed by atoms with E-state index in [1.165, 1.54) is 5.56 Å². The molecule has 0 saturated carbocycles. The SMILES string of the molecule is COc1ccc(CCC2(C)C=Cc3cc(NC(=O)c4ccc(C)cc4)ccc3O2)cc1. The third kappa shape index (κ3) is 4.97. The fraction of sp³-hybridized carbons (Fsp3) is 0.222. The number of ether oxygens (including phenoxy) is 2. The summed E-state index contributed by atoms with van der Waals surface area (Å²) in [6.45, 7) is 4.10. The molecule has 0 aliphatic carbocycles. The molecule has 0 radical (unpaired) electrons. The number of carbonyl (C=O) groups excluding carboxylic acids is 1. The van der Waals surface area contributed by atoms with Crippen LogP contribution in [0.15, 0.2) is 72.8 Å². The number of benzene rings is 3. The Labute approximate surface area is 183 Å². The van der Waals surface area contributed by atoms with Crippen LogP contribution in [0.3, 0.4) is 0 Å². The number of anilines is 1. The van der Waals surface area contributed by atoms with Crippen molar-refractivity contribution >= 4 is 17.7 Å². The van der Waals surface area contributed by atoms with E-state index in [1.807, 2.05) is 61.5 Å². The lowest BCUT2D eigenvalue weighted by atomic mass is 9.93. The van der Waals surface area contributed by atoms with Crippen LogP contribution in [0.1, 0.15) is 40.4 Å². The molecule has 31 heavy (non-hydrogen) atoms. The summed E-state index contributed by atoms with van der Waals surface area (Å²) in [5, 5.41) is 2.97. The number of rotatable bonds is 6. The van der Waals surface area contributed by atoms with Crippen molar-refractivity contribution in [3.8, 4) is 11.5 Å². The molecular formula is C27H27NO3. The fourth-order valence-corrected chi connectivity index (χ4v) is 3.63. The van der Waals surface area contributed by atoms with E-state index in [0.29, 0.717) is 5.56 Å². The first-order valence-electron chi connectivity index (χ1n) is 10.5. The zero-order valence-corrected chi connectivity index (χ0v) is 18.1. The van der Waals surface area contributed by atoms with E-state index in [2.05, 4.69) is 36.5 Å². The number of amides is 1. The third-order valence-electron chi connectivity index (χ3n) is 5.61. The van der Waals surface area contributed by atoms with Crippen LogP contribution in [-0.2, 0) is 6.42 Å². The van der Waals surface area contributed by atoms with Crippen LogP contribution in [0, 0.1) is 6.92 Å². The molecule has 1 atom stereocenters. The van der Waals surface area contributed by atoms with Gasteiger partial charge in [-0.25, -0.2) is 0 Å². The lowest BCUT2D eigenvalue weighted by Crippen LogP contribution is -2.32. The van der Waals surface area contributed by atoms with E-state index >= 15 is 0 Å². The summed E-state index contributed by atoms with van der Waals surface area (Å²) in [7, 11) is 1.67. The highest BCUT2D eigenvalue weighted by atomic mass is 16.5. The number of hydrogen-bond acceptors (Lipinski definition) is 3. The molecule has 0 saturated heterocycles. The van der Waals surface area contributed by atoms with Gasteiger partial charge in [0.2, 0.25) is 0 Å². The van der Waals surface area contributed by atoms with E-state index in [9.17, 15) is 4.79 Å². The Morgan fingerprint density at radius 1 is 1.03 bits per heavy atom. The predicted molar refractivity (Wildman–Crippen MR) is 125 cm³/mol. The number of carbonyl (C=O) groups is 1. The van der Waals surface area contributed by atoms with E-state index in [0.717, 1.165) is 41.2 Å². The maximum absolute atomic E-state index is 12.5. The first kappa shape index (κ1) is 20.7. The number of hydrogen-bond donors (Lipinski definition) is 1. The highest BCUT2D eigenvalue weighted by Gasteiger charge is 2.27. The van der Waals surface area contributed by atoms with Crippen molar-refractivity contribution in [1.82, 2.24) is 0 Å². The highest BCUT2D eigenvalue weighted by molar-refractivity contribution is 6.04. The van der Waals surface area contributed by atoms with Gasteiger partial charge in [-0.05, 0) is 80.8 Å². The molecule has 0 aromatic heterocycles. The molecule has 0 bridgehead atoms. The van der Waals surface area contributed by atoms with Crippen LogP contribution in [0.2, 0.25) is 0 Å². The standard InChI is InChI=1S/C27H27NO3/c1-19-4-8-21(9-5-19)26(29)28-23-10-13-25-22(18-23)15-17-27(2,31-25)16-14-20-6-11-24(30-3)12-7-20/h4-13,15,17-18H,14,16H2,1-3H3,(H,28,29). The molecular weight excluding hydrogens is 386 g/mol. The van der Waals surface area contributed by atoms with Gasteiger partial charge in [0.1, 0.15) is 17.1 Å². The molecule has 0 spiro atoms. The minimum Gasteiger partial charge on any atom is -0.497 e. The van der Waals surface area contributed by atoms with Crippen molar-refractivity contribution in [3.63, 3.8) is 0 Å². The van der Waals surface area contributed by atoms with Crippen molar-refractivity contribution in [2.24, 2.45) is 0 Å². The molecule has 158 valence electrons. The topological polar surface area (TPSA) is 47.6 Å². The first-order chi connectivity index (χ1) is 14.9. The zero-order chi connectivity index (χ0) is 21.8. The van der Waals surface area contributed by atoms with Crippen molar-refractivity contribution in [3.05, 3.63) is 95.1 Å². The van der Waals surface area contributed by atoms with Gasteiger partial charge in [0.15, 0.2) is 0 Å². The van der Waals surface area contributed by atoms with Crippen LogP contribution in [0.5, 0.6) is 11.5 Å². The van der Waals surface area contributed by atoms with E-state index in [1.54, 1.807) is 7.11 Å². The van der Waals surface area contributed by atoms with Gasteiger partial charge in [-0.3, -0.25) is 4.79 Å². The average Bonchev–Trinajstić information content (AvgIpc) is 2.79. The number of methoxy groups -OCH3 is 1. The molecule has 1 N–H and O–H groups in total. The van der Waals surface area contributed by atoms with Gasteiger partial charge < -0.3 is 14.8 Å². The summed E-state index contributed by atoms with van der Waals surface area (Å²) < 4.78 is 11.5. The van der Waals surface area contributed by atoms with Crippen LogP contribution in [0.4, 0.5) is 5.69 Å². The molecule has 1 amide bonds. The summed E-state index contributed by atoms with van der Waals surface area (Å²) in [6, 6.07) is 21.4. The molecule has 1 aliphatic rings. The Balaban J connectivity index is 1.41. The first-order valence-corrected chi connectivity index (χ1v) is 10.5. The van der Waals surface area contributed by atoms with Crippen LogP contribution in [0.25, 0.3) is 6.08 Å². The van der Waals surface area contributed by atoms with Crippen molar-refractivity contribution in [2.45, 2.75) is 32.3 Å². The lowest BCUT2D eigenvalue weighted by molar-refractivity contribution is 0.102. The van der Waals surface area contributed by atoms with E-state index in [4.69, 9.17) is 9.47 Å². The Bertz CT molecular complexity index is 1100. The van der Waals surface area contributed by atoms with E-state index < -0.39 is 0 Å². The van der Waals surface area contributed by atoms with Gasteiger partial charge in [-0.15, -0.1) is 0 Å². The van der Waals surface area contributed by atoms with Gasteiger partial charge in [-0.2, -0.15) is 0 Å². The van der Waals surface area contributed by atoms with Gasteiger partial charge in [0.05, 0.1) is 7.11 Å². The minimum atomic E-state index is -0.375. The van der Waals surface area contributed by atoms with Crippen molar-refractivity contribution < 1.29 is 14.3 Å². The second-order valence-electron chi connectivity index (χ2n) is 8.17. The number of aryl methyl sites for hydroxylation is 2. The smallest absolute Gasteiger partial charge is 0.255 e. The summed E-state index contributed by atoms with van der Waals surface area (Å²) in [4.78, 5) is 12.5. The monoisotopic (exact) mass is 413 g/mol. The van der Waals surface area contributed by atoms with Gasteiger partial charge >= 0.3 is 0 Å². The Morgan fingerprint density at radius 3 is 2.48 bits per heavy atom. The Hall–Kier alpha value is -3.53. The second-order valence-corrected chi connectivity index (χ2v) is 8.17. The molecule has 3 aromatic carbocycles. The van der Waals surface area contributed by atoms with Crippen LogP contribution >= 0.6 is 0 Å². The molecule has 4 nitrogen and oxygen atoms in total. The number of fused-ring (bicyclic) bond motifs is 1. The molecule has 0 fully saturated rings.